The number of hydrogen-bond acceptors (Lipinski definition) is 7. The second-order valence-corrected chi connectivity index (χ2v) is 11.8. The summed E-state index contributed by atoms with van der Waals surface area (Å²) in [6.07, 6.45) is 1.05. The van der Waals surface area contributed by atoms with Crippen LogP contribution in [0, 0.1) is 5.92 Å². The molecule has 4 rings (SSSR count). The monoisotopic (exact) mass is 658 g/mol. The van der Waals surface area contributed by atoms with Gasteiger partial charge in [-0.1, -0.05) is 88.2 Å². The number of H-pyrrole nitrogens is 1. The average Bonchev–Trinajstić information content (AvgIpc) is 2.99. The van der Waals surface area contributed by atoms with Crippen molar-refractivity contribution >= 4 is 51.0 Å². The number of ether oxygens (including phenoxy) is 1. The summed E-state index contributed by atoms with van der Waals surface area (Å²) >= 11 is 9.68. The molecule has 5 N–H and O–H groups in total. The Morgan fingerprint density at radius 3 is 2.21 bits per heavy atom. The highest BCUT2D eigenvalue weighted by Gasteiger charge is 2.65. The lowest BCUT2D eigenvalue weighted by Gasteiger charge is -2.52. The Morgan fingerprint density at radius 1 is 1.10 bits per heavy atom. The number of Topliss-reactive ketones (excluding diaryl/α,β-unsaturated/α-hetero) is 1. The molecule has 2 atom stereocenters. The molecular formula is C30H32BrClN4O6. The van der Waals surface area contributed by atoms with Crippen LogP contribution in [0.2, 0.25) is 5.02 Å². The molecule has 222 valence electrons. The number of ketones is 1. The maximum atomic E-state index is 13.9. The Hall–Kier alpha value is -3.51. The van der Waals surface area contributed by atoms with Gasteiger partial charge >= 0.3 is 5.97 Å². The van der Waals surface area contributed by atoms with Crippen molar-refractivity contribution in [1.82, 2.24) is 15.2 Å². The number of amides is 1. The number of aromatic amines is 1. The first-order valence-corrected chi connectivity index (χ1v) is 14.5. The first kappa shape index (κ1) is 31.4. The Morgan fingerprint density at radius 2 is 1.67 bits per heavy atom. The van der Waals surface area contributed by atoms with Crippen molar-refractivity contribution in [2.24, 2.45) is 5.92 Å². The number of nitrogens with two attached hydrogens (primary N) is 1. The number of nitrogens with zero attached hydrogens (tertiary/aromatic N) is 1. The van der Waals surface area contributed by atoms with Gasteiger partial charge in [0.15, 0.2) is 11.3 Å². The van der Waals surface area contributed by atoms with Gasteiger partial charge in [0.2, 0.25) is 0 Å². The summed E-state index contributed by atoms with van der Waals surface area (Å²) in [5.74, 6) is -2.24. The van der Waals surface area contributed by atoms with Gasteiger partial charge in [0, 0.05) is 13.7 Å². The quantitative estimate of drug-likeness (QED) is 0.228. The molecule has 12 heteroatoms. The Bertz CT molecular complexity index is 1500. The van der Waals surface area contributed by atoms with Crippen molar-refractivity contribution < 1.29 is 24.2 Å². The van der Waals surface area contributed by atoms with Crippen LogP contribution in [0.1, 0.15) is 34.3 Å². The zero-order chi connectivity index (χ0) is 30.5. The Kier molecular flexibility index (Phi) is 9.88. The van der Waals surface area contributed by atoms with Crippen molar-refractivity contribution in [2.45, 2.75) is 22.7 Å². The largest absolute Gasteiger partial charge is 0.480 e. The molecule has 1 aliphatic rings. The minimum Gasteiger partial charge on any atom is -0.480 e. The van der Waals surface area contributed by atoms with Gasteiger partial charge in [-0.05, 0) is 49.0 Å². The minimum atomic E-state index is -1.84. The van der Waals surface area contributed by atoms with Crippen LogP contribution >= 0.6 is 27.5 Å². The van der Waals surface area contributed by atoms with Crippen molar-refractivity contribution in [3.05, 3.63) is 98.8 Å². The molecule has 42 heavy (non-hydrogen) atoms. The van der Waals surface area contributed by atoms with Crippen LogP contribution < -0.4 is 16.6 Å². The van der Waals surface area contributed by atoms with E-state index in [1.165, 1.54) is 13.2 Å². The zero-order valence-electron chi connectivity index (χ0n) is 22.9. The van der Waals surface area contributed by atoms with E-state index >= 15 is 0 Å². The fourth-order valence-corrected chi connectivity index (χ4v) is 6.83. The number of methoxy groups -OCH3 is 1. The van der Waals surface area contributed by atoms with Gasteiger partial charge in [0.1, 0.15) is 22.3 Å². The number of aliphatic carboxylic acids is 1. The predicted octanol–water partition coefficient (Wildman–Crippen LogP) is 3.54. The molecular weight excluding hydrogens is 628 g/mol. The third-order valence-corrected chi connectivity index (χ3v) is 9.52. The molecule has 0 saturated carbocycles. The number of benzene rings is 2. The van der Waals surface area contributed by atoms with Crippen molar-refractivity contribution in [2.75, 3.05) is 39.1 Å². The number of carbonyl (C=O) groups excluding carboxylic acids is 2. The highest BCUT2D eigenvalue weighted by molar-refractivity contribution is 9.10. The van der Waals surface area contributed by atoms with E-state index in [2.05, 4.69) is 26.2 Å². The van der Waals surface area contributed by atoms with Gasteiger partial charge in [-0.15, -0.1) is 0 Å². The number of anilines is 1. The SMILES string of the molecule is COCC(=O)C(Br)(c1ccccc1)C(C(=O)O)(c1ccccc1)N1CCC(CNC(=O)c2cc(Cl)c(N)[nH]c2=O)CC1. The topological polar surface area (TPSA) is 155 Å². The van der Waals surface area contributed by atoms with E-state index < -0.39 is 33.1 Å². The van der Waals surface area contributed by atoms with Gasteiger partial charge in [0.05, 0.1) is 5.02 Å². The fourth-order valence-electron chi connectivity index (χ4n) is 5.65. The number of pyridine rings is 1. The van der Waals surface area contributed by atoms with Gasteiger partial charge < -0.3 is 25.9 Å². The molecule has 0 aliphatic carbocycles. The van der Waals surface area contributed by atoms with Crippen molar-refractivity contribution in [3.63, 3.8) is 0 Å². The first-order valence-electron chi connectivity index (χ1n) is 13.3. The van der Waals surface area contributed by atoms with E-state index in [0.717, 1.165) is 0 Å². The molecule has 2 unspecified atom stereocenters. The number of likely N-dealkylation sites (tertiary alicyclic amines) is 1. The lowest BCUT2D eigenvalue weighted by Crippen LogP contribution is -2.66. The fraction of sp³-hybridized carbons (Fsp3) is 0.333. The van der Waals surface area contributed by atoms with E-state index in [4.69, 9.17) is 22.1 Å². The summed E-state index contributed by atoms with van der Waals surface area (Å²) in [7, 11) is 1.40. The van der Waals surface area contributed by atoms with E-state index in [0.29, 0.717) is 37.1 Å². The molecule has 1 fully saturated rings. The number of hydrogen-bond donors (Lipinski definition) is 4. The highest BCUT2D eigenvalue weighted by atomic mass is 79.9. The molecule has 3 aromatic rings. The molecule has 1 aliphatic heterocycles. The van der Waals surface area contributed by atoms with Crippen molar-refractivity contribution in [3.8, 4) is 0 Å². The van der Waals surface area contributed by atoms with Crippen LogP contribution in [0.25, 0.3) is 0 Å². The number of halogens is 2. The number of aromatic nitrogens is 1. The van der Waals surface area contributed by atoms with Crippen LogP contribution in [0.5, 0.6) is 0 Å². The summed E-state index contributed by atoms with van der Waals surface area (Å²) < 4.78 is 3.52. The molecule has 2 aromatic carbocycles. The second-order valence-electron chi connectivity index (χ2n) is 10.2. The predicted molar refractivity (Wildman–Crippen MR) is 163 cm³/mol. The average molecular weight is 660 g/mol. The number of carbonyl (C=O) groups is 3. The normalized spacial score (nSPS) is 17.1. The molecule has 2 heterocycles. The van der Waals surface area contributed by atoms with Gasteiger partial charge in [0.25, 0.3) is 11.5 Å². The molecule has 0 bridgehead atoms. The Balaban J connectivity index is 1.66. The number of piperidine rings is 1. The maximum Gasteiger partial charge on any atom is 0.331 e. The van der Waals surface area contributed by atoms with E-state index in [9.17, 15) is 24.3 Å². The third kappa shape index (κ3) is 5.74. The second kappa shape index (κ2) is 13.2. The van der Waals surface area contributed by atoms with Crippen LogP contribution in [0.4, 0.5) is 5.82 Å². The number of nitrogens with one attached hydrogen (secondary N) is 2. The first-order chi connectivity index (χ1) is 20.1. The van der Waals surface area contributed by atoms with Crippen LogP contribution in [0.15, 0.2) is 71.5 Å². The lowest BCUT2D eigenvalue weighted by molar-refractivity contribution is -0.161. The number of rotatable bonds is 11. The van der Waals surface area contributed by atoms with Crippen molar-refractivity contribution in [1.29, 1.82) is 0 Å². The summed E-state index contributed by atoms with van der Waals surface area (Å²) in [5.41, 5.74) is 3.89. The van der Waals surface area contributed by atoms with Gasteiger partial charge in [-0.2, -0.15) is 0 Å². The van der Waals surface area contributed by atoms with Gasteiger partial charge in [-0.3, -0.25) is 19.3 Å². The minimum absolute atomic E-state index is 0.00747. The number of alkyl halides is 1. The molecule has 10 nitrogen and oxygen atoms in total. The molecule has 0 radical (unpaired) electrons. The molecule has 0 spiro atoms. The number of carboxylic acid groups (broad SMARTS) is 1. The number of nitrogen functional groups attached to an aromatic ring is 1. The van der Waals surface area contributed by atoms with Crippen LogP contribution in [0.3, 0.4) is 0 Å². The summed E-state index contributed by atoms with van der Waals surface area (Å²) in [4.78, 5) is 56.6. The molecule has 1 amide bonds. The standard InChI is InChI=1S/C30H32BrClN4O6/c1-42-18-24(37)29(31,20-8-4-2-5-9-20)30(28(40)41,21-10-6-3-7-11-21)36-14-12-19(13-15-36)17-34-26(38)22-16-23(32)25(33)35-27(22)39/h2-11,16,19H,12-15,17-18H2,1H3,(H,34,38)(H,40,41)(H3,33,35,39). The number of carboxylic acids is 1. The molecule has 1 aromatic heterocycles. The summed E-state index contributed by atoms with van der Waals surface area (Å²) in [5, 5.41) is 14.0. The Labute approximate surface area is 256 Å². The lowest BCUT2D eigenvalue weighted by atomic mass is 9.69. The van der Waals surface area contributed by atoms with E-state index in [1.54, 1.807) is 60.7 Å². The van der Waals surface area contributed by atoms with Crippen LogP contribution in [-0.2, 0) is 24.2 Å². The zero-order valence-corrected chi connectivity index (χ0v) is 25.3. The maximum absolute atomic E-state index is 13.9. The summed E-state index contributed by atoms with van der Waals surface area (Å²) in [6, 6.07) is 18.7. The molecule has 1 saturated heterocycles. The third-order valence-electron chi connectivity index (χ3n) is 7.74. The van der Waals surface area contributed by atoms with E-state index in [1.807, 2.05) is 4.90 Å². The smallest absolute Gasteiger partial charge is 0.331 e. The van der Waals surface area contributed by atoms with E-state index in [-0.39, 0.29) is 35.5 Å². The summed E-state index contributed by atoms with van der Waals surface area (Å²) in [6.45, 7) is 0.589. The highest BCUT2D eigenvalue weighted by Crippen LogP contribution is 2.53. The van der Waals surface area contributed by atoms with Crippen LogP contribution in [-0.4, -0.2) is 66.0 Å². The van der Waals surface area contributed by atoms with Gasteiger partial charge in [-0.25, -0.2) is 4.79 Å².